The molecule has 0 N–H and O–H groups in total. The Morgan fingerprint density at radius 3 is 2.16 bits per heavy atom. The summed E-state index contributed by atoms with van der Waals surface area (Å²) in [5.41, 5.74) is 2.43. The second-order valence-electron chi connectivity index (χ2n) is 8.07. The molecule has 2 aliphatic carbocycles. The molecule has 2 aliphatic rings. The number of nitrogens with zero attached hydrogens (tertiary/aromatic N) is 2. The Kier molecular flexibility index (Phi) is 5.19. The summed E-state index contributed by atoms with van der Waals surface area (Å²) in [7, 11) is 0. The first-order valence-corrected chi connectivity index (χ1v) is 10.3. The summed E-state index contributed by atoms with van der Waals surface area (Å²) in [5.74, 6) is 0.651. The van der Waals surface area contributed by atoms with Gasteiger partial charge in [-0.3, -0.25) is 9.36 Å². The molecule has 3 heteroatoms. The van der Waals surface area contributed by atoms with Crippen LogP contribution in [0.25, 0.3) is 10.9 Å². The molecule has 0 bridgehead atoms. The predicted octanol–water partition coefficient (Wildman–Crippen LogP) is 5.73. The first kappa shape index (κ1) is 16.8. The van der Waals surface area contributed by atoms with Crippen LogP contribution in [0.15, 0.2) is 29.3 Å². The van der Waals surface area contributed by atoms with Gasteiger partial charge in [-0.2, -0.15) is 0 Å². The largest absolute Gasteiger partial charge is 0.296 e. The fraction of sp³-hybridized carbons (Fsp3) is 0.636. The fourth-order valence-electron chi connectivity index (χ4n) is 4.81. The van der Waals surface area contributed by atoms with Crippen molar-refractivity contribution >= 4 is 10.9 Å². The minimum Gasteiger partial charge on any atom is -0.296 e. The maximum absolute atomic E-state index is 13.0. The van der Waals surface area contributed by atoms with Gasteiger partial charge >= 0.3 is 0 Å². The van der Waals surface area contributed by atoms with Gasteiger partial charge in [0.05, 0.1) is 17.2 Å². The zero-order valence-corrected chi connectivity index (χ0v) is 15.3. The maximum Gasteiger partial charge on any atom is 0.261 e. The van der Waals surface area contributed by atoms with E-state index < -0.39 is 0 Å². The van der Waals surface area contributed by atoms with Crippen LogP contribution in [0.2, 0.25) is 0 Å². The lowest BCUT2D eigenvalue weighted by Crippen LogP contribution is -2.25. The van der Waals surface area contributed by atoms with Crippen molar-refractivity contribution in [2.75, 3.05) is 0 Å². The van der Waals surface area contributed by atoms with Gasteiger partial charge in [-0.05, 0) is 49.3 Å². The summed E-state index contributed by atoms with van der Waals surface area (Å²) in [5, 5.41) is 0.795. The van der Waals surface area contributed by atoms with Crippen LogP contribution >= 0.6 is 0 Å². The van der Waals surface area contributed by atoms with E-state index in [1.807, 2.05) is 17.0 Å². The zero-order chi connectivity index (χ0) is 17.1. The number of rotatable bonds is 2. The molecular weight excluding hydrogens is 308 g/mol. The van der Waals surface area contributed by atoms with E-state index in [-0.39, 0.29) is 5.56 Å². The molecule has 1 aromatic carbocycles. The molecule has 1 aromatic heterocycles. The van der Waals surface area contributed by atoms with E-state index in [0.717, 1.165) is 23.7 Å². The average Bonchev–Trinajstić information content (AvgIpc) is 3.07. The van der Waals surface area contributed by atoms with Gasteiger partial charge in [0.2, 0.25) is 0 Å². The van der Waals surface area contributed by atoms with Gasteiger partial charge in [0.25, 0.3) is 5.56 Å². The Morgan fingerprint density at radius 2 is 1.48 bits per heavy atom. The smallest absolute Gasteiger partial charge is 0.261 e. The van der Waals surface area contributed by atoms with Crippen molar-refractivity contribution in [1.82, 2.24) is 9.55 Å². The summed E-state index contributed by atoms with van der Waals surface area (Å²) in [6, 6.07) is 6.76. The Hall–Kier alpha value is -1.64. The molecule has 1 heterocycles. The molecule has 25 heavy (non-hydrogen) atoms. The lowest BCUT2D eigenvalue weighted by Gasteiger charge is -2.18. The van der Waals surface area contributed by atoms with Crippen LogP contribution in [0.1, 0.15) is 94.6 Å². The SMILES string of the molecule is O=c1c2ccc(C3CCCCCC3)cc2ncn1C1CCCCCC1. The Morgan fingerprint density at radius 1 is 0.840 bits per heavy atom. The van der Waals surface area contributed by atoms with E-state index in [9.17, 15) is 4.79 Å². The van der Waals surface area contributed by atoms with Crippen molar-refractivity contribution in [2.24, 2.45) is 0 Å². The number of benzene rings is 1. The quantitative estimate of drug-likeness (QED) is 0.655. The van der Waals surface area contributed by atoms with Crippen molar-refractivity contribution in [2.45, 2.75) is 89.0 Å². The van der Waals surface area contributed by atoms with Crippen molar-refractivity contribution in [1.29, 1.82) is 0 Å². The lowest BCUT2D eigenvalue weighted by atomic mass is 9.91. The standard InChI is InChI=1S/C22H30N2O/c25-22-20-14-13-18(17-9-5-1-2-6-10-17)15-21(20)23-16-24(22)19-11-7-3-4-8-12-19/h13-17,19H,1-12H2. The van der Waals surface area contributed by atoms with Crippen LogP contribution < -0.4 is 5.56 Å². The van der Waals surface area contributed by atoms with Crippen LogP contribution in [0.5, 0.6) is 0 Å². The molecule has 0 atom stereocenters. The Labute approximate surface area is 150 Å². The topological polar surface area (TPSA) is 34.9 Å². The highest BCUT2D eigenvalue weighted by molar-refractivity contribution is 5.78. The predicted molar refractivity (Wildman–Crippen MR) is 103 cm³/mol. The van der Waals surface area contributed by atoms with E-state index in [2.05, 4.69) is 17.1 Å². The van der Waals surface area contributed by atoms with Gasteiger partial charge in [0, 0.05) is 6.04 Å². The molecule has 0 radical (unpaired) electrons. The normalized spacial score (nSPS) is 21.1. The maximum atomic E-state index is 13.0. The summed E-state index contributed by atoms with van der Waals surface area (Å²) in [6.07, 6.45) is 17.1. The van der Waals surface area contributed by atoms with Crippen molar-refractivity contribution < 1.29 is 0 Å². The van der Waals surface area contributed by atoms with Crippen molar-refractivity contribution in [3.8, 4) is 0 Å². The number of hydrogen-bond donors (Lipinski definition) is 0. The van der Waals surface area contributed by atoms with E-state index in [1.54, 1.807) is 0 Å². The fourth-order valence-corrected chi connectivity index (χ4v) is 4.81. The van der Waals surface area contributed by atoms with E-state index in [0.29, 0.717) is 12.0 Å². The van der Waals surface area contributed by atoms with E-state index in [4.69, 9.17) is 0 Å². The third-order valence-electron chi connectivity index (χ3n) is 6.35. The molecule has 0 saturated heterocycles. The third kappa shape index (κ3) is 3.65. The van der Waals surface area contributed by atoms with E-state index in [1.165, 1.54) is 69.8 Å². The molecule has 2 saturated carbocycles. The second-order valence-corrected chi connectivity index (χ2v) is 8.07. The van der Waals surface area contributed by atoms with Gasteiger partial charge in [-0.15, -0.1) is 0 Å². The molecule has 3 nitrogen and oxygen atoms in total. The summed E-state index contributed by atoms with van der Waals surface area (Å²) in [4.78, 5) is 17.7. The molecule has 0 aliphatic heterocycles. The van der Waals surface area contributed by atoms with Gasteiger partial charge in [-0.25, -0.2) is 4.98 Å². The zero-order valence-electron chi connectivity index (χ0n) is 15.3. The number of aromatic nitrogens is 2. The Balaban J connectivity index is 1.65. The van der Waals surface area contributed by atoms with Gasteiger partial charge in [0.1, 0.15) is 0 Å². The Bertz CT molecular complexity index is 763. The molecule has 134 valence electrons. The summed E-state index contributed by atoms with van der Waals surface area (Å²) in [6.45, 7) is 0. The summed E-state index contributed by atoms with van der Waals surface area (Å²) < 4.78 is 1.92. The molecule has 2 fully saturated rings. The van der Waals surface area contributed by atoms with Crippen LogP contribution in [-0.4, -0.2) is 9.55 Å². The first-order valence-electron chi connectivity index (χ1n) is 10.3. The van der Waals surface area contributed by atoms with E-state index >= 15 is 0 Å². The van der Waals surface area contributed by atoms with Crippen LogP contribution in [0, 0.1) is 0 Å². The van der Waals surface area contributed by atoms with Crippen LogP contribution in [0.3, 0.4) is 0 Å². The highest BCUT2D eigenvalue weighted by Crippen LogP contribution is 2.32. The van der Waals surface area contributed by atoms with Gasteiger partial charge in [0.15, 0.2) is 0 Å². The lowest BCUT2D eigenvalue weighted by molar-refractivity contribution is 0.430. The molecule has 0 spiro atoms. The highest BCUT2D eigenvalue weighted by Gasteiger charge is 2.18. The van der Waals surface area contributed by atoms with Gasteiger partial charge in [-0.1, -0.05) is 57.4 Å². The number of hydrogen-bond acceptors (Lipinski definition) is 2. The number of fused-ring (bicyclic) bond motifs is 1. The second kappa shape index (κ2) is 7.72. The first-order chi connectivity index (χ1) is 12.3. The van der Waals surface area contributed by atoms with Gasteiger partial charge < -0.3 is 0 Å². The third-order valence-corrected chi connectivity index (χ3v) is 6.35. The minimum atomic E-state index is 0.157. The average molecular weight is 338 g/mol. The molecule has 2 aromatic rings. The van der Waals surface area contributed by atoms with Crippen molar-refractivity contribution in [3.63, 3.8) is 0 Å². The van der Waals surface area contributed by atoms with Crippen LogP contribution in [-0.2, 0) is 0 Å². The highest BCUT2D eigenvalue weighted by atomic mass is 16.1. The minimum absolute atomic E-state index is 0.157. The van der Waals surface area contributed by atoms with Crippen LogP contribution in [0.4, 0.5) is 0 Å². The summed E-state index contributed by atoms with van der Waals surface area (Å²) >= 11 is 0. The molecule has 0 amide bonds. The molecular formula is C22H30N2O. The molecule has 0 unspecified atom stereocenters. The monoisotopic (exact) mass is 338 g/mol. The molecule has 4 rings (SSSR count). The van der Waals surface area contributed by atoms with Crippen molar-refractivity contribution in [3.05, 3.63) is 40.4 Å².